The Morgan fingerprint density at radius 1 is 0.704 bits per heavy atom. The van der Waals surface area contributed by atoms with Gasteiger partial charge in [0.15, 0.2) is 0 Å². The van der Waals surface area contributed by atoms with Crippen molar-refractivity contribution in [1.82, 2.24) is 0 Å². The van der Waals surface area contributed by atoms with Crippen LogP contribution in [-0.4, -0.2) is 8.07 Å². The van der Waals surface area contributed by atoms with Gasteiger partial charge in [0.1, 0.15) is 8.07 Å². The summed E-state index contributed by atoms with van der Waals surface area (Å²) >= 11 is 0. The van der Waals surface area contributed by atoms with E-state index in [0.717, 1.165) is 5.56 Å². The second kappa shape index (κ2) is 6.25. The lowest BCUT2D eigenvalue weighted by Gasteiger charge is -2.21. The average Bonchev–Trinajstić information content (AvgIpc) is 2.87. The van der Waals surface area contributed by atoms with E-state index in [9.17, 15) is 0 Å². The Bertz CT molecular complexity index is 1080. The maximum atomic E-state index is 3.52. The summed E-state index contributed by atoms with van der Waals surface area (Å²) in [5.74, 6) is 3.47. The molecular formula is C26H26Si. The third-order valence-electron chi connectivity index (χ3n) is 5.39. The van der Waals surface area contributed by atoms with Crippen LogP contribution < -0.4 is 0 Å². The highest BCUT2D eigenvalue weighted by Crippen LogP contribution is 2.49. The first-order valence-electron chi connectivity index (χ1n) is 9.64. The molecule has 0 bridgehead atoms. The van der Waals surface area contributed by atoms with Crippen molar-refractivity contribution in [1.29, 1.82) is 0 Å². The minimum Gasteiger partial charge on any atom is -0.127 e. The molecule has 27 heavy (non-hydrogen) atoms. The summed E-state index contributed by atoms with van der Waals surface area (Å²) in [6.07, 6.45) is 0. The maximum absolute atomic E-state index is 3.52. The Kier molecular flexibility index (Phi) is 4.13. The van der Waals surface area contributed by atoms with Gasteiger partial charge in [0.25, 0.3) is 0 Å². The molecule has 1 aliphatic rings. The average molecular weight is 367 g/mol. The Hall–Kier alpha value is -2.56. The second-order valence-corrected chi connectivity index (χ2v) is 13.7. The fourth-order valence-electron chi connectivity index (χ4n) is 3.99. The van der Waals surface area contributed by atoms with Crippen LogP contribution in [0.5, 0.6) is 0 Å². The summed E-state index contributed by atoms with van der Waals surface area (Å²) in [6.45, 7) is 11.5. The molecule has 0 aromatic heterocycles. The number of hydrogen-bond acceptors (Lipinski definition) is 0. The summed E-state index contributed by atoms with van der Waals surface area (Å²) in [5, 5.41) is 0. The molecule has 0 nitrogen and oxygen atoms in total. The lowest BCUT2D eigenvalue weighted by atomic mass is 9.82. The molecule has 1 aliphatic carbocycles. The van der Waals surface area contributed by atoms with Crippen molar-refractivity contribution in [3.05, 3.63) is 83.4 Å². The number of hydrogen-bond donors (Lipinski definition) is 0. The van der Waals surface area contributed by atoms with E-state index in [4.69, 9.17) is 0 Å². The highest BCUT2D eigenvalue weighted by Gasteiger charge is 2.35. The van der Waals surface area contributed by atoms with Gasteiger partial charge in [0.2, 0.25) is 0 Å². The first kappa shape index (κ1) is 17.8. The molecule has 0 aliphatic heterocycles. The van der Waals surface area contributed by atoms with Crippen LogP contribution in [0.3, 0.4) is 0 Å². The van der Waals surface area contributed by atoms with Crippen LogP contribution in [-0.2, 0) is 5.41 Å². The number of fused-ring (bicyclic) bond motifs is 3. The van der Waals surface area contributed by atoms with Crippen LogP contribution in [0.15, 0.2) is 66.7 Å². The van der Waals surface area contributed by atoms with Crippen LogP contribution >= 0.6 is 0 Å². The predicted molar refractivity (Wildman–Crippen MR) is 120 cm³/mol. The Balaban J connectivity index is 1.88. The molecule has 0 amide bonds. The van der Waals surface area contributed by atoms with Gasteiger partial charge in [-0.05, 0) is 45.5 Å². The van der Waals surface area contributed by atoms with Crippen molar-refractivity contribution in [3.8, 4) is 33.7 Å². The SMILES string of the molecule is CC1(C)c2ccccc2-c2cc(-c3ccccc3C#C[Si](C)(C)C)ccc21. The molecule has 3 aromatic carbocycles. The van der Waals surface area contributed by atoms with Gasteiger partial charge < -0.3 is 0 Å². The fourth-order valence-corrected chi connectivity index (χ4v) is 4.50. The van der Waals surface area contributed by atoms with E-state index in [2.05, 4.69) is 112 Å². The summed E-state index contributed by atoms with van der Waals surface area (Å²) in [4.78, 5) is 0. The quantitative estimate of drug-likeness (QED) is 0.325. The normalized spacial score (nSPS) is 14.1. The summed E-state index contributed by atoms with van der Waals surface area (Å²) < 4.78 is 0. The summed E-state index contributed by atoms with van der Waals surface area (Å²) in [5.41, 5.74) is 12.7. The van der Waals surface area contributed by atoms with E-state index < -0.39 is 8.07 Å². The molecule has 0 unspecified atom stereocenters. The summed E-state index contributed by atoms with van der Waals surface area (Å²) in [6, 6.07) is 24.3. The van der Waals surface area contributed by atoms with Gasteiger partial charge in [0, 0.05) is 11.0 Å². The Morgan fingerprint density at radius 2 is 1.33 bits per heavy atom. The van der Waals surface area contributed by atoms with E-state index in [1.807, 2.05) is 0 Å². The van der Waals surface area contributed by atoms with Crippen LogP contribution in [0, 0.1) is 11.5 Å². The van der Waals surface area contributed by atoms with Crippen molar-refractivity contribution in [2.24, 2.45) is 0 Å². The molecule has 0 N–H and O–H groups in total. The van der Waals surface area contributed by atoms with Crippen LogP contribution in [0.1, 0.15) is 30.5 Å². The van der Waals surface area contributed by atoms with Crippen molar-refractivity contribution in [3.63, 3.8) is 0 Å². The number of rotatable bonds is 1. The maximum Gasteiger partial charge on any atom is 0.129 e. The minimum atomic E-state index is -1.41. The lowest BCUT2D eigenvalue weighted by Crippen LogP contribution is -2.16. The van der Waals surface area contributed by atoms with Gasteiger partial charge in [-0.1, -0.05) is 94.0 Å². The fraction of sp³-hybridized carbons (Fsp3) is 0.231. The van der Waals surface area contributed by atoms with Crippen molar-refractivity contribution in [2.75, 3.05) is 0 Å². The Labute approximate surface area is 164 Å². The zero-order valence-electron chi connectivity index (χ0n) is 16.9. The molecule has 0 radical (unpaired) electrons. The molecule has 3 aromatic rings. The second-order valence-electron chi connectivity index (χ2n) is 8.98. The van der Waals surface area contributed by atoms with Crippen LogP contribution in [0.25, 0.3) is 22.3 Å². The molecule has 0 heterocycles. The number of benzene rings is 3. The standard InChI is InChI=1S/C26H26Si/c1-26(2)24-13-9-8-12-22(24)23-18-20(14-15-25(23)26)21-11-7-6-10-19(21)16-17-27(3,4)5/h6-15,18H,1-5H3. The van der Waals surface area contributed by atoms with Gasteiger partial charge >= 0.3 is 0 Å². The molecule has 134 valence electrons. The molecule has 0 fully saturated rings. The van der Waals surface area contributed by atoms with Crippen molar-refractivity contribution in [2.45, 2.75) is 38.9 Å². The largest absolute Gasteiger partial charge is 0.129 e. The summed E-state index contributed by atoms with van der Waals surface area (Å²) in [7, 11) is -1.41. The molecule has 0 spiro atoms. The van der Waals surface area contributed by atoms with E-state index in [1.165, 1.54) is 33.4 Å². The van der Waals surface area contributed by atoms with E-state index in [1.54, 1.807) is 0 Å². The van der Waals surface area contributed by atoms with Crippen molar-refractivity contribution >= 4 is 8.07 Å². The molecule has 0 saturated heterocycles. The zero-order valence-corrected chi connectivity index (χ0v) is 17.9. The predicted octanol–water partition coefficient (Wildman–Crippen LogP) is 6.89. The molecule has 0 saturated carbocycles. The van der Waals surface area contributed by atoms with Gasteiger partial charge in [-0.25, -0.2) is 0 Å². The highest BCUT2D eigenvalue weighted by molar-refractivity contribution is 6.83. The van der Waals surface area contributed by atoms with E-state index >= 15 is 0 Å². The molecule has 1 heteroatoms. The minimum absolute atomic E-state index is 0.0572. The van der Waals surface area contributed by atoms with E-state index in [-0.39, 0.29) is 5.41 Å². The zero-order chi connectivity index (χ0) is 19.2. The molecular weight excluding hydrogens is 340 g/mol. The third kappa shape index (κ3) is 3.15. The third-order valence-corrected chi connectivity index (χ3v) is 6.27. The first-order chi connectivity index (χ1) is 12.8. The van der Waals surface area contributed by atoms with Crippen LogP contribution in [0.4, 0.5) is 0 Å². The molecule has 0 atom stereocenters. The molecule has 4 rings (SSSR count). The highest BCUT2D eigenvalue weighted by atomic mass is 28.3. The van der Waals surface area contributed by atoms with Gasteiger partial charge in [-0.15, -0.1) is 5.54 Å². The van der Waals surface area contributed by atoms with Crippen LogP contribution in [0.2, 0.25) is 19.6 Å². The van der Waals surface area contributed by atoms with E-state index in [0.29, 0.717) is 0 Å². The van der Waals surface area contributed by atoms with Crippen molar-refractivity contribution < 1.29 is 0 Å². The van der Waals surface area contributed by atoms with Gasteiger partial charge in [-0.3, -0.25) is 0 Å². The van der Waals surface area contributed by atoms with Gasteiger partial charge in [-0.2, -0.15) is 0 Å². The smallest absolute Gasteiger partial charge is 0.127 e. The monoisotopic (exact) mass is 366 g/mol. The Morgan fingerprint density at radius 3 is 2.07 bits per heavy atom. The first-order valence-corrected chi connectivity index (χ1v) is 13.1. The lowest BCUT2D eigenvalue weighted by molar-refractivity contribution is 0.660. The van der Waals surface area contributed by atoms with Gasteiger partial charge in [0.05, 0.1) is 0 Å². The topological polar surface area (TPSA) is 0 Å².